The van der Waals surface area contributed by atoms with Gasteiger partial charge in [-0.3, -0.25) is 9.59 Å². The zero-order valence-electron chi connectivity index (χ0n) is 13.8. The second-order valence-electron chi connectivity index (χ2n) is 6.75. The molecular weight excluding hydrogens is 323 g/mol. The van der Waals surface area contributed by atoms with E-state index in [1.54, 1.807) is 0 Å². The number of piperidine rings is 2. The molecule has 5 nitrogen and oxygen atoms in total. The number of hydrogen-bond acceptors (Lipinski definition) is 3. The lowest BCUT2D eigenvalue weighted by molar-refractivity contribution is -0.162. The Morgan fingerprint density at radius 3 is 2.29 bits per heavy atom. The molecule has 2 saturated heterocycles. The molecule has 0 radical (unpaired) electrons. The third kappa shape index (κ3) is 6.67. The number of alkyl halides is 3. The van der Waals surface area contributed by atoms with Crippen LogP contribution in [0.25, 0.3) is 0 Å². The summed E-state index contributed by atoms with van der Waals surface area (Å²) in [5, 5.41) is 6.24. The first-order chi connectivity index (χ1) is 11.3. The molecule has 0 atom stereocenters. The Kier molecular flexibility index (Phi) is 6.89. The largest absolute Gasteiger partial charge is 0.397 e. The molecule has 138 valence electrons. The molecule has 2 fully saturated rings. The van der Waals surface area contributed by atoms with E-state index in [1.807, 2.05) is 0 Å². The Morgan fingerprint density at radius 1 is 1.08 bits per heavy atom. The number of halogens is 3. The number of hydrogen-bond donors (Lipinski definition) is 2. The standard InChI is InChI=1S/C16H26F3N3O2/c17-16(18,19)11-15(24)22-9-5-13(6-10-22)21-14(23)2-1-12-3-7-20-8-4-12/h12-13,20H,1-11H2,(H,21,23). The van der Waals surface area contributed by atoms with Crippen LogP contribution >= 0.6 is 0 Å². The van der Waals surface area contributed by atoms with Gasteiger partial charge < -0.3 is 15.5 Å². The van der Waals surface area contributed by atoms with Gasteiger partial charge in [0.2, 0.25) is 11.8 Å². The number of carbonyl (C=O) groups excluding carboxylic acids is 2. The predicted molar refractivity (Wildman–Crippen MR) is 83.2 cm³/mol. The van der Waals surface area contributed by atoms with Crippen LogP contribution < -0.4 is 10.6 Å². The summed E-state index contributed by atoms with van der Waals surface area (Å²) >= 11 is 0. The summed E-state index contributed by atoms with van der Waals surface area (Å²) in [5.41, 5.74) is 0. The van der Waals surface area contributed by atoms with Crippen molar-refractivity contribution in [1.29, 1.82) is 0 Å². The van der Waals surface area contributed by atoms with Crippen molar-refractivity contribution in [3.05, 3.63) is 0 Å². The van der Waals surface area contributed by atoms with Crippen molar-refractivity contribution >= 4 is 11.8 Å². The number of amides is 2. The van der Waals surface area contributed by atoms with Gasteiger partial charge in [0.15, 0.2) is 0 Å². The highest BCUT2D eigenvalue weighted by atomic mass is 19.4. The van der Waals surface area contributed by atoms with Crippen molar-refractivity contribution in [3.8, 4) is 0 Å². The summed E-state index contributed by atoms with van der Waals surface area (Å²) in [6.07, 6.45) is -1.24. The van der Waals surface area contributed by atoms with Crippen LogP contribution in [0, 0.1) is 5.92 Å². The first kappa shape index (κ1) is 19.0. The summed E-state index contributed by atoms with van der Waals surface area (Å²) in [5.74, 6) is -0.273. The number of nitrogens with one attached hydrogen (secondary N) is 2. The van der Waals surface area contributed by atoms with Gasteiger partial charge in [0.1, 0.15) is 6.42 Å². The van der Waals surface area contributed by atoms with Gasteiger partial charge in [-0.05, 0) is 51.1 Å². The van der Waals surface area contributed by atoms with Gasteiger partial charge in [-0.2, -0.15) is 13.2 Å². The monoisotopic (exact) mass is 349 g/mol. The van der Waals surface area contributed by atoms with E-state index in [-0.39, 0.29) is 25.0 Å². The summed E-state index contributed by atoms with van der Waals surface area (Å²) in [4.78, 5) is 24.8. The Morgan fingerprint density at radius 2 is 1.71 bits per heavy atom. The molecule has 2 amide bonds. The smallest absolute Gasteiger partial charge is 0.353 e. The van der Waals surface area contributed by atoms with Crippen molar-refractivity contribution in [2.75, 3.05) is 26.2 Å². The van der Waals surface area contributed by atoms with Gasteiger partial charge in [-0.25, -0.2) is 0 Å². The Balaban J connectivity index is 1.63. The molecular formula is C16H26F3N3O2. The van der Waals surface area contributed by atoms with E-state index in [2.05, 4.69) is 10.6 Å². The van der Waals surface area contributed by atoms with Crippen molar-refractivity contribution < 1.29 is 22.8 Å². The SMILES string of the molecule is O=C(CCC1CCNCC1)NC1CCN(C(=O)CC(F)(F)F)CC1. The van der Waals surface area contributed by atoms with Crippen LogP contribution in [0.4, 0.5) is 13.2 Å². The van der Waals surface area contributed by atoms with E-state index >= 15 is 0 Å². The normalized spacial score (nSPS) is 20.9. The average Bonchev–Trinajstić information content (AvgIpc) is 2.53. The minimum atomic E-state index is -4.46. The van der Waals surface area contributed by atoms with Crippen LogP contribution in [0.3, 0.4) is 0 Å². The molecule has 24 heavy (non-hydrogen) atoms. The number of nitrogens with zero attached hydrogens (tertiary/aromatic N) is 1. The third-order valence-corrected chi connectivity index (χ3v) is 4.80. The van der Waals surface area contributed by atoms with Crippen molar-refractivity contribution in [1.82, 2.24) is 15.5 Å². The highest BCUT2D eigenvalue weighted by molar-refractivity contribution is 5.77. The molecule has 0 unspecified atom stereocenters. The van der Waals surface area contributed by atoms with Crippen LogP contribution in [0.5, 0.6) is 0 Å². The maximum Gasteiger partial charge on any atom is 0.397 e. The number of rotatable bonds is 5. The van der Waals surface area contributed by atoms with Gasteiger partial charge in [0.05, 0.1) is 0 Å². The van der Waals surface area contributed by atoms with Crippen LogP contribution in [-0.4, -0.2) is 55.1 Å². The van der Waals surface area contributed by atoms with E-state index in [4.69, 9.17) is 0 Å². The Labute approximate surface area is 140 Å². The van der Waals surface area contributed by atoms with Gasteiger partial charge in [0, 0.05) is 25.6 Å². The minimum absolute atomic E-state index is 0.00796. The molecule has 2 rings (SSSR count). The second kappa shape index (κ2) is 8.69. The molecule has 8 heteroatoms. The highest BCUT2D eigenvalue weighted by Crippen LogP contribution is 2.22. The zero-order chi connectivity index (χ0) is 17.6. The lowest BCUT2D eigenvalue weighted by atomic mass is 9.93. The quantitative estimate of drug-likeness (QED) is 0.796. The van der Waals surface area contributed by atoms with Crippen molar-refractivity contribution in [2.24, 2.45) is 5.92 Å². The maximum absolute atomic E-state index is 12.2. The fourth-order valence-corrected chi connectivity index (χ4v) is 3.36. The van der Waals surface area contributed by atoms with Gasteiger partial charge >= 0.3 is 6.18 Å². The van der Waals surface area contributed by atoms with Gasteiger partial charge in [-0.15, -0.1) is 0 Å². The molecule has 0 spiro atoms. The van der Waals surface area contributed by atoms with E-state index in [9.17, 15) is 22.8 Å². The van der Waals surface area contributed by atoms with Crippen LogP contribution in [-0.2, 0) is 9.59 Å². The summed E-state index contributed by atoms with van der Waals surface area (Å²) in [6, 6.07) is -0.0412. The molecule has 2 N–H and O–H groups in total. The van der Waals surface area contributed by atoms with E-state index < -0.39 is 18.5 Å². The molecule has 2 aliphatic heterocycles. The lowest BCUT2D eigenvalue weighted by Crippen LogP contribution is -2.47. The summed E-state index contributed by atoms with van der Waals surface area (Å²) in [6.45, 7) is 2.57. The third-order valence-electron chi connectivity index (χ3n) is 4.80. The minimum Gasteiger partial charge on any atom is -0.353 e. The van der Waals surface area contributed by atoms with Crippen molar-refractivity contribution in [3.63, 3.8) is 0 Å². The summed E-state index contributed by atoms with van der Waals surface area (Å²) in [7, 11) is 0. The number of carbonyl (C=O) groups is 2. The predicted octanol–water partition coefficient (Wildman–Crippen LogP) is 1.83. The molecule has 2 aliphatic rings. The van der Waals surface area contributed by atoms with Crippen LogP contribution in [0.1, 0.15) is 44.9 Å². The highest BCUT2D eigenvalue weighted by Gasteiger charge is 2.34. The molecule has 0 aromatic rings. The molecule has 0 aliphatic carbocycles. The van der Waals surface area contributed by atoms with Gasteiger partial charge in [-0.1, -0.05) is 0 Å². The van der Waals surface area contributed by atoms with E-state index in [0.717, 1.165) is 32.4 Å². The zero-order valence-corrected chi connectivity index (χ0v) is 13.8. The fraction of sp³-hybridized carbons (Fsp3) is 0.875. The molecule has 0 saturated carbocycles. The Hall–Kier alpha value is -1.31. The summed E-state index contributed by atoms with van der Waals surface area (Å²) < 4.78 is 36.7. The van der Waals surface area contributed by atoms with E-state index in [0.29, 0.717) is 25.2 Å². The maximum atomic E-state index is 12.2. The lowest BCUT2D eigenvalue weighted by Gasteiger charge is -2.32. The van der Waals surface area contributed by atoms with Crippen LogP contribution in [0.2, 0.25) is 0 Å². The molecule has 0 aromatic carbocycles. The van der Waals surface area contributed by atoms with Gasteiger partial charge in [0.25, 0.3) is 0 Å². The topological polar surface area (TPSA) is 61.4 Å². The van der Waals surface area contributed by atoms with Crippen molar-refractivity contribution in [2.45, 2.75) is 57.2 Å². The average molecular weight is 349 g/mol. The number of likely N-dealkylation sites (tertiary alicyclic amines) is 1. The van der Waals surface area contributed by atoms with Crippen LogP contribution in [0.15, 0.2) is 0 Å². The van der Waals surface area contributed by atoms with E-state index in [1.165, 1.54) is 4.90 Å². The molecule has 0 aromatic heterocycles. The Bertz CT molecular complexity index is 429. The fourth-order valence-electron chi connectivity index (χ4n) is 3.36. The molecule has 2 heterocycles. The first-order valence-corrected chi connectivity index (χ1v) is 8.68. The second-order valence-corrected chi connectivity index (χ2v) is 6.75. The first-order valence-electron chi connectivity index (χ1n) is 8.68. The molecule has 0 bridgehead atoms.